The molecule has 0 amide bonds. The molecule has 2 aromatic carbocycles. The summed E-state index contributed by atoms with van der Waals surface area (Å²) in [6, 6.07) is 13.8. The predicted octanol–water partition coefficient (Wildman–Crippen LogP) is 3.14. The van der Waals surface area contributed by atoms with Crippen LogP contribution < -0.4 is 4.74 Å². The van der Waals surface area contributed by atoms with Crippen LogP contribution in [0.3, 0.4) is 0 Å². The van der Waals surface area contributed by atoms with E-state index in [2.05, 4.69) is 0 Å². The van der Waals surface area contributed by atoms with Crippen molar-refractivity contribution >= 4 is 17.8 Å². The van der Waals surface area contributed by atoms with Gasteiger partial charge in [0.25, 0.3) is 5.69 Å². The van der Waals surface area contributed by atoms with E-state index in [0.29, 0.717) is 5.75 Å². The maximum absolute atomic E-state index is 10.6. The summed E-state index contributed by atoms with van der Waals surface area (Å²) in [5.41, 5.74) is 1.96. The van der Waals surface area contributed by atoms with E-state index in [0.717, 1.165) is 11.1 Å². The first-order chi connectivity index (χ1) is 10.2. The lowest BCUT2D eigenvalue weighted by atomic mass is 10.1. The molecule has 0 saturated heterocycles. The summed E-state index contributed by atoms with van der Waals surface area (Å²) in [6.07, 6.45) is 3.80. The van der Waals surface area contributed by atoms with Crippen LogP contribution in [0.15, 0.2) is 48.5 Å². The van der Waals surface area contributed by atoms with Crippen molar-refractivity contribution in [3.8, 4) is 5.75 Å². The number of ether oxygens (including phenoxy) is 1. The fourth-order valence-electron chi connectivity index (χ4n) is 1.74. The van der Waals surface area contributed by atoms with Gasteiger partial charge in [-0.2, -0.15) is 0 Å². The highest BCUT2D eigenvalue weighted by molar-refractivity contribution is 5.70. The van der Waals surface area contributed by atoms with E-state index in [1.54, 1.807) is 12.1 Å². The average Bonchev–Trinajstić information content (AvgIpc) is 2.52. The fourth-order valence-corrected chi connectivity index (χ4v) is 1.74. The van der Waals surface area contributed by atoms with Gasteiger partial charge in [0.05, 0.1) is 11.5 Å². The van der Waals surface area contributed by atoms with E-state index in [1.807, 2.05) is 36.4 Å². The van der Waals surface area contributed by atoms with Gasteiger partial charge < -0.3 is 9.84 Å². The van der Waals surface area contributed by atoms with Gasteiger partial charge in [-0.05, 0) is 35.4 Å². The second kappa shape index (κ2) is 7.21. The van der Waals surface area contributed by atoms with Crippen LogP contribution in [-0.4, -0.2) is 23.2 Å². The van der Waals surface area contributed by atoms with Crippen LogP contribution >= 0.6 is 0 Å². The molecule has 108 valence electrons. The molecule has 0 bridgehead atoms. The van der Waals surface area contributed by atoms with Crippen LogP contribution in [0.4, 0.5) is 5.69 Å². The maximum atomic E-state index is 10.6. The molecule has 0 unspecified atom stereocenters. The Bertz CT molecular complexity index is 618. The molecular weight excluding hydrogens is 270 g/mol. The van der Waals surface area contributed by atoms with Gasteiger partial charge in [-0.25, -0.2) is 0 Å². The molecule has 0 heterocycles. The molecule has 0 fully saturated rings. The Balaban J connectivity index is 2.01. The molecule has 0 aliphatic rings. The van der Waals surface area contributed by atoms with Crippen LogP contribution in [0.1, 0.15) is 11.1 Å². The number of non-ortho nitro benzene ring substituents is 1. The highest BCUT2D eigenvalue weighted by Crippen LogP contribution is 2.16. The standard InChI is InChI=1S/C16H15NO4/c18-11-12-21-16-9-5-14(6-10-16)2-1-13-3-7-15(8-4-13)17(19)20/h1-10,18H,11-12H2. The summed E-state index contributed by atoms with van der Waals surface area (Å²) in [7, 11) is 0. The summed E-state index contributed by atoms with van der Waals surface area (Å²) in [4.78, 5) is 10.1. The number of nitro groups is 1. The Kier molecular flexibility index (Phi) is 5.06. The molecule has 5 nitrogen and oxygen atoms in total. The fraction of sp³-hybridized carbons (Fsp3) is 0.125. The molecule has 0 aliphatic heterocycles. The van der Waals surface area contributed by atoms with Gasteiger partial charge in [-0.3, -0.25) is 10.1 Å². The van der Waals surface area contributed by atoms with E-state index in [1.165, 1.54) is 12.1 Å². The Hall–Kier alpha value is -2.66. The molecule has 2 aromatic rings. The van der Waals surface area contributed by atoms with Gasteiger partial charge in [0, 0.05) is 12.1 Å². The molecule has 2 rings (SSSR count). The molecule has 0 saturated carbocycles. The Morgan fingerprint density at radius 3 is 2.00 bits per heavy atom. The molecule has 0 aliphatic carbocycles. The molecule has 1 N–H and O–H groups in total. The zero-order valence-corrected chi connectivity index (χ0v) is 11.3. The van der Waals surface area contributed by atoms with Crippen molar-refractivity contribution < 1.29 is 14.8 Å². The minimum Gasteiger partial charge on any atom is -0.491 e. The largest absolute Gasteiger partial charge is 0.491 e. The van der Waals surface area contributed by atoms with Crippen molar-refractivity contribution in [3.63, 3.8) is 0 Å². The minimum atomic E-state index is -0.418. The third-order valence-electron chi connectivity index (χ3n) is 2.81. The highest BCUT2D eigenvalue weighted by Gasteiger charge is 2.02. The second-order valence-corrected chi connectivity index (χ2v) is 4.32. The van der Waals surface area contributed by atoms with E-state index in [4.69, 9.17) is 9.84 Å². The summed E-state index contributed by atoms with van der Waals surface area (Å²) in [5.74, 6) is 0.705. The Morgan fingerprint density at radius 2 is 1.52 bits per heavy atom. The first kappa shape index (κ1) is 14.7. The van der Waals surface area contributed by atoms with E-state index in [-0.39, 0.29) is 18.9 Å². The van der Waals surface area contributed by atoms with Gasteiger partial charge in [-0.1, -0.05) is 24.3 Å². The second-order valence-electron chi connectivity index (χ2n) is 4.32. The van der Waals surface area contributed by atoms with Gasteiger partial charge >= 0.3 is 0 Å². The van der Waals surface area contributed by atoms with Gasteiger partial charge in [0.15, 0.2) is 0 Å². The van der Waals surface area contributed by atoms with Crippen molar-refractivity contribution in [1.82, 2.24) is 0 Å². The maximum Gasteiger partial charge on any atom is 0.269 e. The quantitative estimate of drug-likeness (QED) is 0.503. The Labute approximate surface area is 122 Å². The molecular formula is C16H15NO4. The first-order valence-corrected chi connectivity index (χ1v) is 6.45. The molecule has 5 heteroatoms. The lowest BCUT2D eigenvalue weighted by Crippen LogP contribution is -2.01. The molecule has 0 aromatic heterocycles. The number of aliphatic hydroxyl groups is 1. The highest BCUT2D eigenvalue weighted by atomic mass is 16.6. The smallest absolute Gasteiger partial charge is 0.269 e. The van der Waals surface area contributed by atoms with Crippen LogP contribution in [0.5, 0.6) is 5.75 Å². The van der Waals surface area contributed by atoms with Gasteiger partial charge in [-0.15, -0.1) is 0 Å². The lowest BCUT2D eigenvalue weighted by molar-refractivity contribution is -0.384. The third kappa shape index (κ3) is 4.43. The van der Waals surface area contributed by atoms with Crippen molar-refractivity contribution in [1.29, 1.82) is 0 Å². The average molecular weight is 285 g/mol. The number of hydrogen-bond acceptors (Lipinski definition) is 4. The first-order valence-electron chi connectivity index (χ1n) is 6.45. The summed E-state index contributed by atoms with van der Waals surface area (Å²) >= 11 is 0. The zero-order valence-electron chi connectivity index (χ0n) is 11.3. The van der Waals surface area contributed by atoms with Crippen LogP contribution in [0.2, 0.25) is 0 Å². The molecule has 0 atom stereocenters. The number of hydrogen-bond donors (Lipinski definition) is 1. The van der Waals surface area contributed by atoms with Gasteiger partial charge in [0.2, 0.25) is 0 Å². The van der Waals surface area contributed by atoms with Gasteiger partial charge in [0.1, 0.15) is 12.4 Å². The monoisotopic (exact) mass is 285 g/mol. The molecule has 0 spiro atoms. The number of nitrogens with zero attached hydrogens (tertiary/aromatic N) is 1. The van der Waals surface area contributed by atoms with Crippen molar-refractivity contribution in [3.05, 3.63) is 69.8 Å². The van der Waals surface area contributed by atoms with E-state index < -0.39 is 4.92 Å². The predicted molar refractivity (Wildman–Crippen MR) is 81.0 cm³/mol. The Morgan fingerprint density at radius 1 is 1.00 bits per heavy atom. The number of benzene rings is 2. The van der Waals surface area contributed by atoms with Crippen molar-refractivity contribution in [2.24, 2.45) is 0 Å². The summed E-state index contributed by atoms with van der Waals surface area (Å²) < 4.78 is 5.27. The summed E-state index contributed by atoms with van der Waals surface area (Å²) in [6.45, 7) is 0.264. The van der Waals surface area contributed by atoms with Crippen molar-refractivity contribution in [2.75, 3.05) is 13.2 Å². The number of nitro benzene ring substituents is 1. The zero-order chi connectivity index (χ0) is 15.1. The molecule has 0 radical (unpaired) electrons. The van der Waals surface area contributed by atoms with E-state index >= 15 is 0 Å². The topological polar surface area (TPSA) is 72.6 Å². The third-order valence-corrected chi connectivity index (χ3v) is 2.81. The normalized spacial score (nSPS) is 10.7. The van der Waals surface area contributed by atoms with Crippen LogP contribution in [0, 0.1) is 10.1 Å². The van der Waals surface area contributed by atoms with E-state index in [9.17, 15) is 10.1 Å². The number of rotatable bonds is 6. The molecule has 21 heavy (non-hydrogen) atoms. The van der Waals surface area contributed by atoms with Crippen LogP contribution in [-0.2, 0) is 0 Å². The van der Waals surface area contributed by atoms with Crippen molar-refractivity contribution in [2.45, 2.75) is 0 Å². The summed E-state index contributed by atoms with van der Waals surface area (Å²) in [5, 5.41) is 19.2. The van der Waals surface area contributed by atoms with Crippen LogP contribution in [0.25, 0.3) is 12.2 Å². The minimum absolute atomic E-state index is 0.0121. The SMILES string of the molecule is O=[N+]([O-])c1ccc(C=Cc2ccc(OCCO)cc2)cc1. The number of aliphatic hydroxyl groups excluding tert-OH is 1. The lowest BCUT2D eigenvalue weighted by Gasteiger charge is -2.03.